The number of aromatic nitrogens is 4. The van der Waals surface area contributed by atoms with Gasteiger partial charge in [0.15, 0.2) is 12.4 Å². The Labute approximate surface area is 193 Å². The maximum absolute atomic E-state index is 12.2. The second-order valence-electron chi connectivity index (χ2n) is 6.60. The van der Waals surface area contributed by atoms with E-state index in [0.29, 0.717) is 44.8 Å². The minimum Gasteiger partial charge on any atom is -0.482 e. The number of rotatable bonds is 7. The molecule has 10 heteroatoms. The van der Waals surface area contributed by atoms with E-state index in [0.717, 1.165) is 0 Å². The first kappa shape index (κ1) is 21.6. The van der Waals surface area contributed by atoms with Crippen LogP contribution in [0.3, 0.4) is 0 Å². The second-order valence-corrected chi connectivity index (χ2v) is 7.44. The van der Waals surface area contributed by atoms with Crippen LogP contribution in [-0.4, -0.2) is 32.3 Å². The molecular formula is C22H17Cl2N5O3. The van der Waals surface area contributed by atoms with Gasteiger partial charge in [-0.3, -0.25) is 4.79 Å². The molecule has 8 nitrogen and oxygen atoms in total. The van der Waals surface area contributed by atoms with Crippen LogP contribution in [-0.2, 0) is 4.79 Å². The molecule has 0 bridgehead atoms. The Kier molecular flexibility index (Phi) is 6.53. The summed E-state index contributed by atoms with van der Waals surface area (Å²) in [5, 5.41) is 7.74. The summed E-state index contributed by atoms with van der Waals surface area (Å²) in [6, 6.07) is 15.2. The summed E-state index contributed by atoms with van der Waals surface area (Å²) >= 11 is 11.9. The smallest absolute Gasteiger partial charge is 0.262 e. The van der Waals surface area contributed by atoms with E-state index in [1.807, 2.05) is 0 Å². The topological polar surface area (TPSA) is 91.2 Å². The van der Waals surface area contributed by atoms with Crippen LogP contribution in [0.25, 0.3) is 5.82 Å². The Morgan fingerprint density at radius 1 is 1.09 bits per heavy atom. The first-order chi connectivity index (χ1) is 15.5. The zero-order chi connectivity index (χ0) is 22.5. The van der Waals surface area contributed by atoms with Gasteiger partial charge in [0, 0.05) is 29.2 Å². The number of carbonyl (C=O) groups is 1. The van der Waals surface area contributed by atoms with Crippen LogP contribution < -0.4 is 14.8 Å². The van der Waals surface area contributed by atoms with Crippen molar-refractivity contribution < 1.29 is 14.3 Å². The van der Waals surface area contributed by atoms with Gasteiger partial charge < -0.3 is 14.8 Å². The maximum Gasteiger partial charge on any atom is 0.262 e. The fourth-order valence-electron chi connectivity index (χ4n) is 2.76. The molecule has 0 saturated carbocycles. The van der Waals surface area contributed by atoms with Crippen molar-refractivity contribution in [1.29, 1.82) is 0 Å². The van der Waals surface area contributed by atoms with Crippen molar-refractivity contribution in [3.63, 3.8) is 0 Å². The highest BCUT2D eigenvalue weighted by Crippen LogP contribution is 2.27. The summed E-state index contributed by atoms with van der Waals surface area (Å²) in [7, 11) is 0. The molecule has 0 atom stereocenters. The third-order valence-corrected chi connectivity index (χ3v) is 4.68. The van der Waals surface area contributed by atoms with Crippen LogP contribution >= 0.6 is 23.2 Å². The summed E-state index contributed by atoms with van der Waals surface area (Å²) in [5.74, 6) is 2.13. The summed E-state index contributed by atoms with van der Waals surface area (Å²) in [6.45, 7) is 1.58. The number of anilines is 1. The molecule has 2 aromatic carbocycles. The lowest BCUT2D eigenvalue weighted by atomic mass is 10.3. The van der Waals surface area contributed by atoms with E-state index < -0.39 is 0 Å². The van der Waals surface area contributed by atoms with Gasteiger partial charge >= 0.3 is 0 Å². The molecule has 32 heavy (non-hydrogen) atoms. The third kappa shape index (κ3) is 5.54. The molecule has 2 heterocycles. The minimum atomic E-state index is -0.333. The Balaban J connectivity index is 1.35. The van der Waals surface area contributed by atoms with Gasteiger partial charge in [-0.25, -0.2) is 9.67 Å². The highest BCUT2D eigenvalue weighted by atomic mass is 35.5. The number of benzene rings is 2. The van der Waals surface area contributed by atoms with Gasteiger partial charge in [0.05, 0.1) is 5.02 Å². The van der Waals surface area contributed by atoms with Crippen molar-refractivity contribution in [2.24, 2.45) is 0 Å². The van der Waals surface area contributed by atoms with E-state index in [2.05, 4.69) is 20.4 Å². The molecule has 162 valence electrons. The van der Waals surface area contributed by atoms with Gasteiger partial charge in [-0.15, -0.1) is 0 Å². The van der Waals surface area contributed by atoms with Gasteiger partial charge in [-0.1, -0.05) is 23.2 Å². The molecular weight excluding hydrogens is 453 g/mol. The maximum atomic E-state index is 12.2. The van der Waals surface area contributed by atoms with Crippen LogP contribution in [0, 0.1) is 6.92 Å². The SMILES string of the molecule is Cc1nc(Oc2ccc(NC(=O)COc3ccc(Cl)cc3Cl)cc2)cc(-n2cccn2)n1. The van der Waals surface area contributed by atoms with Gasteiger partial charge in [0.2, 0.25) is 5.88 Å². The molecule has 0 fully saturated rings. The summed E-state index contributed by atoms with van der Waals surface area (Å²) in [6.07, 6.45) is 3.45. The van der Waals surface area contributed by atoms with E-state index in [1.165, 1.54) is 0 Å². The van der Waals surface area contributed by atoms with E-state index in [-0.39, 0.29) is 12.5 Å². The first-order valence-corrected chi connectivity index (χ1v) is 10.2. The molecule has 1 N–H and O–H groups in total. The number of hydrogen-bond acceptors (Lipinski definition) is 6. The summed E-state index contributed by atoms with van der Waals surface area (Å²) < 4.78 is 12.9. The van der Waals surface area contributed by atoms with Gasteiger partial charge in [-0.05, 0) is 55.5 Å². The van der Waals surface area contributed by atoms with Crippen molar-refractivity contribution in [3.05, 3.63) is 82.9 Å². The molecule has 2 aromatic heterocycles. The number of amides is 1. The van der Waals surface area contributed by atoms with E-state index in [9.17, 15) is 4.79 Å². The predicted molar refractivity (Wildman–Crippen MR) is 121 cm³/mol. The van der Waals surface area contributed by atoms with Crippen LogP contribution in [0.4, 0.5) is 5.69 Å². The monoisotopic (exact) mass is 469 g/mol. The number of carbonyl (C=O) groups excluding carboxylic acids is 1. The standard InChI is InChI=1S/C22H17Cl2N5O3/c1-14-26-20(29-10-2-9-25-29)12-22(27-14)32-17-6-4-16(5-7-17)28-21(30)13-31-19-8-3-15(23)11-18(19)24/h2-12H,13H2,1H3,(H,28,30). The fraction of sp³-hybridized carbons (Fsp3) is 0.0909. The molecule has 0 unspecified atom stereocenters. The van der Waals surface area contributed by atoms with Crippen molar-refractivity contribution >= 4 is 34.8 Å². The lowest BCUT2D eigenvalue weighted by Crippen LogP contribution is -2.20. The first-order valence-electron chi connectivity index (χ1n) is 9.47. The zero-order valence-corrected chi connectivity index (χ0v) is 18.3. The highest BCUT2D eigenvalue weighted by molar-refractivity contribution is 6.35. The van der Waals surface area contributed by atoms with Crippen LogP contribution in [0.15, 0.2) is 67.0 Å². The Morgan fingerprint density at radius 3 is 2.62 bits per heavy atom. The molecule has 0 saturated heterocycles. The fourth-order valence-corrected chi connectivity index (χ4v) is 3.22. The lowest BCUT2D eigenvalue weighted by molar-refractivity contribution is -0.118. The van der Waals surface area contributed by atoms with Gasteiger partial charge in [0.1, 0.15) is 17.3 Å². The van der Waals surface area contributed by atoms with Crippen molar-refractivity contribution in [2.45, 2.75) is 6.92 Å². The molecule has 0 radical (unpaired) electrons. The second kappa shape index (κ2) is 9.67. The van der Waals surface area contributed by atoms with Gasteiger partial charge in [-0.2, -0.15) is 10.1 Å². The average molecular weight is 470 g/mol. The quantitative estimate of drug-likeness (QED) is 0.405. The number of nitrogens with zero attached hydrogens (tertiary/aromatic N) is 4. The third-order valence-electron chi connectivity index (χ3n) is 4.15. The predicted octanol–water partition coefficient (Wildman–Crippen LogP) is 5.09. The number of nitrogens with one attached hydrogen (secondary N) is 1. The van der Waals surface area contributed by atoms with Crippen LogP contribution in [0.1, 0.15) is 5.82 Å². The zero-order valence-electron chi connectivity index (χ0n) is 16.8. The van der Waals surface area contributed by atoms with E-state index in [1.54, 1.807) is 78.6 Å². The van der Waals surface area contributed by atoms with Crippen molar-refractivity contribution in [1.82, 2.24) is 19.7 Å². The normalized spacial score (nSPS) is 10.6. The number of hydrogen-bond donors (Lipinski definition) is 1. The van der Waals surface area contributed by atoms with E-state index >= 15 is 0 Å². The molecule has 0 spiro atoms. The number of ether oxygens (including phenoxy) is 2. The summed E-state index contributed by atoms with van der Waals surface area (Å²) in [4.78, 5) is 20.8. The van der Waals surface area contributed by atoms with Gasteiger partial charge in [0.25, 0.3) is 5.91 Å². The van der Waals surface area contributed by atoms with Crippen LogP contribution in [0.5, 0.6) is 17.4 Å². The number of aryl methyl sites for hydroxylation is 1. The molecule has 0 aliphatic rings. The van der Waals surface area contributed by atoms with Crippen LogP contribution in [0.2, 0.25) is 10.0 Å². The minimum absolute atomic E-state index is 0.198. The Hall–Kier alpha value is -3.62. The molecule has 4 rings (SSSR count). The van der Waals surface area contributed by atoms with E-state index in [4.69, 9.17) is 32.7 Å². The highest BCUT2D eigenvalue weighted by Gasteiger charge is 2.09. The Morgan fingerprint density at radius 2 is 1.91 bits per heavy atom. The largest absolute Gasteiger partial charge is 0.482 e. The Bertz CT molecular complexity index is 1230. The molecule has 1 amide bonds. The molecule has 0 aliphatic heterocycles. The van der Waals surface area contributed by atoms with Crippen molar-refractivity contribution in [2.75, 3.05) is 11.9 Å². The average Bonchev–Trinajstić information content (AvgIpc) is 3.29. The molecule has 4 aromatic rings. The summed E-state index contributed by atoms with van der Waals surface area (Å²) in [5.41, 5.74) is 0.587. The van der Waals surface area contributed by atoms with Crippen molar-refractivity contribution in [3.8, 4) is 23.2 Å². The number of halogens is 2. The lowest BCUT2D eigenvalue weighted by Gasteiger charge is -2.10. The molecule has 0 aliphatic carbocycles.